The van der Waals surface area contributed by atoms with Crippen LogP contribution in [0.2, 0.25) is 0 Å². The second kappa shape index (κ2) is 6.82. The largest absolute Gasteiger partial charge is 0.468 e. The summed E-state index contributed by atoms with van der Waals surface area (Å²) in [6.07, 6.45) is 0.615. The molecule has 0 aliphatic carbocycles. The van der Waals surface area contributed by atoms with Crippen molar-refractivity contribution in [2.75, 3.05) is 20.2 Å². The Bertz CT molecular complexity index is 474. The number of likely N-dealkylation sites (N-methyl/N-ethyl adjacent to an activating group) is 1. The van der Waals surface area contributed by atoms with Gasteiger partial charge < -0.3 is 9.64 Å². The SMILES string of the molecule is CCc1nnc(C)cc1C(=O)N(CC)CC(=O)OC. The summed E-state index contributed by atoms with van der Waals surface area (Å²) in [4.78, 5) is 25.1. The molecule has 1 rings (SSSR count). The van der Waals surface area contributed by atoms with Gasteiger partial charge in [0.2, 0.25) is 0 Å². The summed E-state index contributed by atoms with van der Waals surface area (Å²) in [6.45, 7) is 5.87. The molecule has 0 saturated heterocycles. The topological polar surface area (TPSA) is 72.4 Å². The highest BCUT2D eigenvalue weighted by atomic mass is 16.5. The first-order valence-electron chi connectivity index (χ1n) is 6.22. The number of methoxy groups -OCH3 is 1. The van der Waals surface area contributed by atoms with Gasteiger partial charge in [0.25, 0.3) is 5.91 Å². The van der Waals surface area contributed by atoms with Crippen LogP contribution in [0.25, 0.3) is 0 Å². The van der Waals surface area contributed by atoms with Gasteiger partial charge >= 0.3 is 5.97 Å². The van der Waals surface area contributed by atoms with Crippen molar-refractivity contribution in [1.29, 1.82) is 0 Å². The molecule has 0 aliphatic heterocycles. The molecule has 0 radical (unpaired) electrons. The lowest BCUT2D eigenvalue weighted by molar-refractivity contribution is -0.141. The van der Waals surface area contributed by atoms with Crippen molar-refractivity contribution in [2.45, 2.75) is 27.2 Å². The number of hydrogen-bond donors (Lipinski definition) is 0. The van der Waals surface area contributed by atoms with Crippen molar-refractivity contribution >= 4 is 11.9 Å². The Hall–Kier alpha value is -1.98. The van der Waals surface area contributed by atoms with Crippen LogP contribution in [0.5, 0.6) is 0 Å². The van der Waals surface area contributed by atoms with Crippen LogP contribution in [0.1, 0.15) is 35.6 Å². The molecule has 1 aromatic heterocycles. The number of aryl methyl sites for hydroxylation is 2. The first-order chi connectivity index (χ1) is 9.03. The Balaban J connectivity index is 3.03. The van der Waals surface area contributed by atoms with Crippen LogP contribution in [0.4, 0.5) is 0 Å². The molecule has 0 bridgehead atoms. The average molecular weight is 265 g/mol. The first-order valence-corrected chi connectivity index (χ1v) is 6.22. The van der Waals surface area contributed by atoms with E-state index >= 15 is 0 Å². The van der Waals surface area contributed by atoms with E-state index in [4.69, 9.17) is 0 Å². The fourth-order valence-corrected chi connectivity index (χ4v) is 1.68. The Morgan fingerprint density at radius 3 is 2.53 bits per heavy atom. The molecule has 0 spiro atoms. The normalized spacial score (nSPS) is 10.1. The molecule has 1 aromatic rings. The lowest BCUT2D eigenvalue weighted by Gasteiger charge is -2.20. The highest BCUT2D eigenvalue weighted by Gasteiger charge is 2.21. The maximum absolute atomic E-state index is 12.4. The van der Waals surface area contributed by atoms with Crippen molar-refractivity contribution in [3.63, 3.8) is 0 Å². The van der Waals surface area contributed by atoms with E-state index in [0.717, 1.165) is 0 Å². The lowest BCUT2D eigenvalue weighted by Crippen LogP contribution is -2.36. The predicted octanol–water partition coefficient (Wildman–Crippen LogP) is 0.983. The summed E-state index contributed by atoms with van der Waals surface area (Å²) < 4.78 is 4.59. The Labute approximate surface area is 112 Å². The number of rotatable bonds is 5. The van der Waals surface area contributed by atoms with E-state index in [1.54, 1.807) is 13.0 Å². The second-order valence-electron chi connectivity index (χ2n) is 4.10. The van der Waals surface area contributed by atoms with Gasteiger partial charge in [-0.05, 0) is 26.3 Å². The zero-order chi connectivity index (χ0) is 14.4. The number of nitrogens with zero attached hydrogens (tertiary/aromatic N) is 3. The van der Waals surface area contributed by atoms with E-state index in [0.29, 0.717) is 29.9 Å². The fraction of sp³-hybridized carbons (Fsp3) is 0.538. The number of esters is 1. The minimum Gasteiger partial charge on any atom is -0.468 e. The molecular weight excluding hydrogens is 246 g/mol. The molecule has 0 unspecified atom stereocenters. The number of amides is 1. The van der Waals surface area contributed by atoms with Crippen LogP contribution in [-0.4, -0.2) is 47.2 Å². The van der Waals surface area contributed by atoms with Crippen molar-refractivity contribution in [3.05, 3.63) is 23.0 Å². The summed E-state index contributed by atoms with van der Waals surface area (Å²) in [6, 6.07) is 1.70. The van der Waals surface area contributed by atoms with Gasteiger partial charge in [0.05, 0.1) is 24.1 Å². The van der Waals surface area contributed by atoms with Crippen molar-refractivity contribution in [2.24, 2.45) is 0 Å². The molecule has 0 saturated carbocycles. The van der Waals surface area contributed by atoms with Gasteiger partial charge in [-0.2, -0.15) is 10.2 Å². The number of aromatic nitrogens is 2. The number of ether oxygens (including phenoxy) is 1. The number of carbonyl (C=O) groups is 2. The maximum atomic E-state index is 12.4. The predicted molar refractivity (Wildman–Crippen MR) is 69.7 cm³/mol. The van der Waals surface area contributed by atoms with E-state index < -0.39 is 5.97 Å². The monoisotopic (exact) mass is 265 g/mol. The smallest absolute Gasteiger partial charge is 0.325 e. The highest BCUT2D eigenvalue weighted by molar-refractivity contribution is 5.97. The van der Waals surface area contributed by atoms with E-state index in [-0.39, 0.29) is 12.5 Å². The molecule has 0 aromatic carbocycles. The molecule has 0 aliphatic rings. The number of hydrogen-bond acceptors (Lipinski definition) is 5. The molecule has 0 fully saturated rings. The molecule has 104 valence electrons. The van der Waals surface area contributed by atoms with E-state index in [9.17, 15) is 9.59 Å². The summed E-state index contributed by atoms with van der Waals surface area (Å²) in [5.41, 5.74) is 1.81. The highest BCUT2D eigenvalue weighted by Crippen LogP contribution is 2.11. The van der Waals surface area contributed by atoms with Gasteiger partial charge in [0, 0.05) is 6.54 Å². The molecule has 0 atom stereocenters. The lowest BCUT2D eigenvalue weighted by atomic mass is 10.1. The summed E-state index contributed by atoms with van der Waals surface area (Å²) in [5, 5.41) is 7.96. The number of carbonyl (C=O) groups excluding carboxylic acids is 2. The van der Waals surface area contributed by atoms with Gasteiger partial charge in [-0.15, -0.1) is 0 Å². The van der Waals surface area contributed by atoms with Crippen molar-refractivity contribution in [3.8, 4) is 0 Å². The molecular formula is C13H19N3O3. The third kappa shape index (κ3) is 3.74. The van der Waals surface area contributed by atoms with Crippen LogP contribution in [-0.2, 0) is 16.0 Å². The minimum atomic E-state index is -0.438. The molecule has 0 N–H and O–H groups in total. The Kier molecular flexibility index (Phi) is 5.41. The van der Waals surface area contributed by atoms with Crippen LogP contribution in [0.3, 0.4) is 0 Å². The van der Waals surface area contributed by atoms with Crippen molar-refractivity contribution in [1.82, 2.24) is 15.1 Å². The van der Waals surface area contributed by atoms with Crippen LogP contribution in [0, 0.1) is 6.92 Å². The molecule has 1 heterocycles. The molecule has 19 heavy (non-hydrogen) atoms. The zero-order valence-electron chi connectivity index (χ0n) is 11.8. The quantitative estimate of drug-likeness (QED) is 0.742. The standard InChI is InChI=1S/C13H19N3O3/c1-5-11-10(7-9(3)14-15-11)13(18)16(6-2)8-12(17)19-4/h7H,5-6,8H2,1-4H3. The molecule has 6 nitrogen and oxygen atoms in total. The van der Waals surface area contributed by atoms with Gasteiger partial charge in [-0.3, -0.25) is 9.59 Å². The summed E-state index contributed by atoms with van der Waals surface area (Å²) in [7, 11) is 1.30. The third-order valence-electron chi connectivity index (χ3n) is 2.77. The van der Waals surface area contributed by atoms with E-state index in [2.05, 4.69) is 14.9 Å². The Morgan fingerprint density at radius 2 is 2.00 bits per heavy atom. The van der Waals surface area contributed by atoms with Crippen LogP contribution in [0.15, 0.2) is 6.07 Å². The van der Waals surface area contributed by atoms with Gasteiger partial charge in [-0.1, -0.05) is 6.92 Å². The first kappa shape index (κ1) is 15.1. The van der Waals surface area contributed by atoms with Crippen LogP contribution < -0.4 is 0 Å². The Morgan fingerprint density at radius 1 is 1.32 bits per heavy atom. The van der Waals surface area contributed by atoms with Gasteiger partial charge in [0.15, 0.2) is 0 Å². The van der Waals surface area contributed by atoms with Crippen LogP contribution >= 0.6 is 0 Å². The average Bonchev–Trinajstić information content (AvgIpc) is 2.43. The third-order valence-corrected chi connectivity index (χ3v) is 2.77. The maximum Gasteiger partial charge on any atom is 0.325 e. The van der Waals surface area contributed by atoms with Crippen molar-refractivity contribution < 1.29 is 14.3 Å². The molecule has 6 heteroatoms. The zero-order valence-corrected chi connectivity index (χ0v) is 11.8. The van der Waals surface area contributed by atoms with Gasteiger partial charge in [0.1, 0.15) is 6.54 Å². The van der Waals surface area contributed by atoms with E-state index in [1.807, 2.05) is 13.8 Å². The second-order valence-corrected chi connectivity index (χ2v) is 4.10. The van der Waals surface area contributed by atoms with E-state index in [1.165, 1.54) is 12.0 Å². The summed E-state index contributed by atoms with van der Waals surface area (Å²) >= 11 is 0. The van der Waals surface area contributed by atoms with Gasteiger partial charge in [-0.25, -0.2) is 0 Å². The summed E-state index contributed by atoms with van der Waals surface area (Å²) in [5.74, 6) is -0.658. The minimum absolute atomic E-state index is 0.0592. The fourth-order valence-electron chi connectivity index (χ4n) is 1.68. The molecule has 1 amide bonds.